The summed E-state index contributed by atoms with van der Waals surface area (Å²) in [5, 5.41) is 13.8. The van der Waals surface area contributed by atoms with Crippen molar-refractivity contribution in [1.29, 1.82) is 0 Å². The summed E-state index contributed by atoms with van der Waals surface area (Å²) in [4.78, 5) is 5.61. The van der Waals surface area contributed by atoms with Gasteiger partial charge in [-0.15, -0.1) is 0 Å². The van der Waals surface area contributed by atoms with Gasteiger partial charge in [-0.05, 0) is 50.5 Å². The van der Waals surface area contributed by atoms with Crippen LogP contribution in [0.1, 0.15) is 41.5 Å². The van der Waals surface area contributed by atoms with Crippen molar-refractivity contribution in [2.24, 2.45) is 0 Å². The second-order valence-electron chi connectivity index (χ2n) is 6.46. The molecule has 1 saturated heterocycles. The largest absolute Gasteiger partial charge is 0.433 e. The Balaban J connectivity index is 1.77. The predicted octanol–water partition coefficient (Wildman–Crippen LogP) is 3.25. The molecule has 1 N–H and O–H groups in total. The Hall–Kier alpha value is -2.09. The highest BCUT2D eigenvalue weighted by Crippen LogP contribution is 2.32. The number of pyridine rings is 1. The lowest BCUT2D eigenvalue weighted by Gasteiger charge is -2.33. The van der Waals surface area contributed by atoms with Crippen LogP contribution in [0.25, 0.3) is 0 Å². The lowest BCUT2D eigenvalue weighted by Crippen LogP contribution is -2.36. The van der Waals surface area contributed by atoms with E-state index in [1.165, 1.54) is 6.07 Å². The average Bonchev–Trinajstić information content (AvgIpc) is 2.92. The first-order chi connectivity index (χ1) is 11.8. The van der Waals surface area contributed by atoms with Crippen molar-refractivity contribution in [3.63, 3.8) is 0 Å². The van der Waals surface area contributed by atoms with Crippen molar-refractivity contribution >= 4 is 5.82 Å². The quantitative estimate of drug-likeness (QED) is 0.919. The van der Waals surface area contributed by atoms with E-state index in [1.807, 2.05) is 29.5 Å². The van der Waals surface area contributed by atoms with Crippen LogP contribution in [0.15, 0.2) is 18.2 Å². The smallest absolute Gasteiger partial charge is 0.392 e. The highest BCUT2D eigenvalue weighted by Gasteiger charge is 2.34. The van der Waals surface area contributed by atoms with Crippen molar-refractivity contribution < 1.29 is 18.3 Å². The molecule has 0 bridgehead atoms. The van der Waals surface area contributed by atoms with Gasteiger partial charge in [0.2, 0.25) is 0 Å². The molecule has 0 saturated carbocycles. The SMILES string of the molecule is Cc1cc(C)n(C2CCN(c3cc(CO)cc(C(F)(F)F)n3)CC2)n1. The number of halogens is 3. The fraction of sp³-hybridized carbons (Fsp3) is 0.529. The second kappa shape index (κ2) is 6.67. The van der Waals surface area contributed by atoms with Gasteiger partial charge in [0.25, 0.3) is 0 Å². The minimum atomic E-state index is -4.53. The zero-order valence-corrected chi connectivity index (χ0v) is 14.2. The van der Waals surface area contributed by atoms with Crippen LogP contribution in [-0.2, 0) is 12.8 Å². The summed E-state index contributed by atoms with van der Waals surface area (Å²) in [6.07, 6.45) is -2.95. The molecule has 0 aliphatic carbocycles. The Morgan fingerprint density at radius 3 is 2.36 bits per heavy atom. The standard InChI is InChI=1S/C17H21F3N4O/c1-11-7-12(2)24(22-11)14-3-5-23(6-4-14)16-9-13(10-25)8-15(21-16)17(18,19)20/h7-9,14,25H,3-6,10H2,1-2H3. The molecule has 1 fully saturated rings. The maximum Gasteiger partial charge on any atom is 0.433 e. The van der Waals surface area contributed by atoms with Gasteiger partial charge in [-0.3, -0.25) is 4.68 Å². The van der Waals surface area contributed by atoms with E-state index in [9.17, 15) is 18.3 Å². The fourth-order valence-electron chi connectivity index (χ4n) is 3.32. The van der Waals surface area contributed by atoms with Crippen LogP contribution in [0.4, 0.5) is 19.0 Å². The number of anilines is 1. The van der Waals surface area contributed by atoms with Crippen LogP contribution in [-0.4, -0.2) is 33.0 Å². The van der Waals surface area contributed by atoms with E-state index in [-0.39, 0.29) is 17.4 Å². The van der Waals surface area contributed by atoms with Crippen molar-refractivity contribution in [2.45, 2.75) is 45.5 Å². The Kier molecular flexibility index (Phi) is 4.73. The van der Waals surface area contributed by atoms with Crippen molar-refractivity contribution in [3.8, 4) is 0 Å². The number of aliphatic hydroxyl groups excluding tert-OH is 1. The Morgan fingerprint density at radius 2 is 1.84 bits per heavy atom. The van der Waals surface area contributed by atoms with Gasteiger partial charge in [0, 0.05) is 18.8 Å². The van der Waals surface area contributed by atoms with Gasteiger partial charge < -0.3 is 10.0 Å². The monoisotopic (exact) mass is 354 g/mol. The first-order valence-electron chi connectivity index (χ1n) is 8.24. The van der Waals surface area contributed by atoms with E-state index in [2.05, 4.69) is 10.1 Å². The van der Waals surface area contributed by atoms with E-state index in [0.29, 0.717) is 13.1 Å². The Bertz CT molecular complexity index is 749. The average molecular weight is 354 g/mol. The lowest BCUT2D eigenvalue weighted by atomic mass is 10.0. The van der Waals surface area contributed by atoms with E-state index in [4.69, 9.17) is 0 Å². The van der Waals surface area contributed by atoms with Crippen LogP contribution < -0.4 is 4.90 Å². The maximum absolute atomic E-state index is 13.0. The molecular formula is C17H21F3N4O. The number of aryl methyl sites for hydroxylation is 2. The molecule has 8 heteroatoms. The molecule has 3 heterocycles. The number of piperidine rings is 1. The highest BCUT2D eigenvalue weighted by atomic mass is 19.4. The van der Waals surface area contributed by atoms with Gasteiger partial charge in [0.1, 0.15) is 11.5 Å². The number of alkyl halides is 3. The number of aromatic nitrogens is 3. The molecule has 5 nitrogen and oxygen atoms in total. The molecular weight excluding hydrogens is 333 g/mol. The molecule has 0 aromatic carbocycles. The summed E-state index contributed by atoms with van der Waals surface area (Å²) >= 11 is 0. The fourth-order valence-corrected chi connectivity index (χ4v) is 3.32. The van der Waals surface area contributed by atoms with Gasteiger partial charge in [-0.25, -0.2) is 4.98 Å². The molecule has 0 amide bonds. The molecule has 0 spiro atoms. The number of hydrogen-bond acceptors (Lipinski definition) is 4. The third-order valence-corrected chi connectivity index (χ3v) is 4.52. The molecule has 0 radical (unpaired) electrons. The van der Waals surface area contributed by atoms with E-state index in [1.54, 1.807) is 0 Å². The number of nitrogens with zero attached hydrogens (tertiary/aromatic N) is 4. The maximum atomic E-state index is 13.0. The summed E-state index contributed by atoms with van der Waals surface area (Å²) in [5.41, 5.74) is 1.32. The third kappa shape index (κ3) is 3.78. The first-order valence-corrected chi connectivity index (χ1v) is 8.24. The minimum absolute atomic E-state index is 0.220. The zero-order valence-electron chi connectivity index (χ0n) is 14.2. The molecule has 2 aromatic rings. The van der Waals surface area contributed by atoms with Crippen LogP contribution in [0.3, 0.4) is 0 Å². The van der Waals surface area contributed by atoms with Gasteiger partial charge in [-0.2, -0.15) is 18.3 Å². The Morgan fingerprint density at radius 1 is 1.16 bits per heavy atom. The van der Waals surface area contributed by atoms with Gasteiger partial charge >= 0.3 is 6.18 Å². The van der Waals surface area contributed by atoms with Crippen molar-refractivity contribution in [1.82, 2.24) is 14.8 Å². The minimum Gasteiger partial charge on any atom is -0.392 e. The zero-order chi connectivity index (χ0) is 18.2. The molecule has 1 aliphatic rings. The predicted molar refractivity (Wildman–Crippen MR) is 87.3 cm³/mol. The molecule has 3 rings (SSSR count). The molecule has 0 unspecified atom stereocenters. The molecule has 2 aromatic heterocycles. The third-order valence-electron chi connectivity index (χ3n) is 4.52. The number of aliphatic hydroxyl groups is 1. The molecule has 25 heavy (non-hydrogen) atoms. The van der Waals surface area contributed by atoms with Gasteiger partial charge in [0.05, 0.1) is 18.3 Å². The summed E-state index contributed by atoms with van der Waals surface area (Å²) in [6, 6.07) is 4.69. The van der Waals surface area contributed by atoms with E-state index >= 15 is 0 Å². The highest BCUT2D eigenvalue weighted by molar-refractivity contribution is 5.43. The van der Waals surface area contributed by atoms with Crippen LogP contribution >= 0.6 is 0 Å². The van der Waals surface area contributed by atoms with Gasteiger partial charge in [0.15, 0.2) is 0 Å². The summed E-state index contributed by atoms with van der Waals surface area (Å²) in [6.45, 7) is 4.71. The van der Waals surface area contributed by atoms with Crippen molar-refractivity contribution in [3.05, 3.63) is 40.8 Å². The summed E-state index contributed by atoms with van der Waals surface area (Å²) in [7, 11) is 0. The molecule has 136 valence electrons. The van der Waals surface area contributed by atoms with E-state index in [0.717, 1.165) is 30.3 Å². The summed E-state index contributed by atoms with van der Waals surface area (Å²) in [5.74, 6) is 0.269. The van der Waals surface area contributed by atoms with Crippen LogP contribution in [0.5, 0.6) is 0 Å². The second-order valence-corrected chi connectivity index (χ2v) is 6.46. The van der Waals surface area contributed by atoms with Crippen LogP contribution in [0, 0.1) is 13.8 Å². The molecule has 0 atom stereocenters. The number of hydrogen-bond donors (Lipinski definition) is 1. The summed E-state index contributed by atoms with van der Waals surface area (Å²) < 4.78 is 41.0. The normalized spacial score (nSPS) is 16.5. The first kappa shape index (κ1) is 17.7. The van der Waals surface area contributed by atoms with Gasteiger partial charge in [-0.1, -0.05) is 0 Å². The Labute approximate surface area is 144 Å². The van der Waals surface area contributed by atoms with E-state index < -0.39 is 18.5 Å². The molecule has 1 aliphatic heterocycles. The van der Waals surface area contributed by atoms with Crippen molar-refractivity contribution in [2.75, 3.05) is 18.0 Å². The topological polar surface area (TPSA) is 54.2 Å². The lowest BCUT2D eigenvalue weighted by molar-refractivity contribution is -0.141. The van der Waals surface area contributed by atoms with Crippen LogP contribution in [0.2, 0.25) is 0 Å². The number of rotatable bonds is 3.